The summed E-state index contributed by atoms with van der Waals surface area (Å²) in [6.45, 7) is 2.94. The fraction of sp³-hybridized carbons (Fsp3) is 0.444. The summed E-state index contributed by atoms with van der Waals surface area (Å²) in [5.74, 6) is 1.16. The largest absolute Gasteiger partial charge is 0.417 e. The molecule has 1 N–H and O–H groups in total. The van der Waals surface area contributed by atoms with Crippen molar-refractivity contribution in [2.75, 3.05) is 25.0 Å². The lowest BCUT2D eigenvalue weighted by Crippen LogP contribution is -2.35. The Hall–Kier alpha value is -1.57. The van der Waals surface area contributed by atoms with Gasteiger partial charge in [-0.25, -0.2) is 0 Å². The molecule has 0 spiro atoms. The Morgan fingerprint density at radius 1 is 1.07 bits per heavy atom. The molecule has 27 heavy (non-hydrogen) atoms. The molecule has 1 saturated heterocycles. The van der Waals surface area contributed by atoms with E-state index in [1.54, 1.807) is 18.2 Å². The topological polar surface area (TPSA) is 41.0 Å². The minimum Gasteiger partial charge on any atom is -0.368 e. The first-order valence-electron chi connectivity index (χ1n) is 8.62. The summed E-state index contributed by atoms with van der Waals surface area (Å²) in [4.78, 5) is 2.17. The van der Waals surface area contributed by atoms with Crippen molar-refractivity contribution < 1.29 is 13.2 Å². The SMILES string of the molecule is FC(F)(F)c1cc(CN2CCC(CNc3ccc(Cl)nn3)CC2)ccc1Cl. The summed E-state index contributed by atoms with van der Waals surface area (Å²) >= 11 is 11.4. The molecule has 1 aliphatic rings. The molecule has 0 aliphatic carbocycles. The first kappa shape index (κ1) is 20.2. The minimum atomic E-state index is -4.43. The summed E-state index contributed by atoms with van der Waals surface area (Å²) in [5, 5.41) is 11.1. The van der Waals surface area contributed by atoms with E-state index in [1.807, 2.05) is 0 Å². The molecule has 9 heteroatoms. The first-order chi connectivity index (χ1) is 12.8. The number of anilines is 1. The van der Waals surface area contributed by atoms with Crippen LogP contribution in [0, 0.1) is 5.92 Å². The van der Waals surface area contributed by atoms with Gasteiger partial charge in [0.15, 0.2) is 5.15 Å². The number of nitrogens with one attached hydrogen (secondary N) is 1. The Labute approximate surface area is 165 Å². The zero-order valence-corrected chi connectivity index (χ0v) is 16.0. The minimum absolute atomic E-state index is 0.263. The van der Waals surface area contributed by atoms with E-state index in [9.17, 15) is 13.2 Å². The van der Waals surface area contributed by atoms with Crippen molar-refractivity contribution in [1.29, 1.82) is 0 Å². The highest BCUT2D eigenvalue weighted by Gasteiger charge is 2.33. The van der Waals surface area contributed by atoms with Gasteiger partial charge in [0.1, 0.15) is 5.82 Å². The number of halogens is 5. The van der Waals surface area contributed by atoms with Gasteiger partial charge < -0.3 is 5.32 Å². The predicted molar refractivity (Wildman–Crippen MR) is 100.0 cm³/mol. The van der Waals surface area contributed by atoms with Crippen LogP contribution in [0.2, 0.25) is 10.2 Å². The van der Waals surface area contributed by atoms with Crippen molar-refractivity contribution in [2.45, 2.75) is 25.6 Å². The van der Waals surface area contributed by atoms with E-state index in [-0.39, 0.29) is 5.02 Å². The maximum absolute atomic E-state index is 13.0. The maximum Gasteiger partial charge on any atom is 0.417 e. The van der Waals surface area contributed by atoms with Crippen molar-refractivity contribution in [3.8, 4) is 0 Å². The number of aromatic nitrogens is 2. The molecule has 1 fully saturated rings. The van der Waals surface area contributed by atoms with E-state index in [0.29, 0.717) is 29.0 Å². The zero-order valence-electron chi connectivity index (χ0n) is 14.4. The third kappa shape index (κ3) is 5.70. The highest BCUT2D eigenvalue weighted by atomic mass is 35.5. The van der Waals surface area contributed by atoms with Gasteiger partial charge in [0, 0.05) is 13.1 Å². The number of benzene rings is 1. The summed E-state index contributed by atoms with van der Waals surface area (Å²) in [6.07, 6.45) is -2.50. The van der Waals surface area contributed by atoms with Gasteiger partial charge >= 0.3 is 6.18 Å². The maximum atomic E-state index is 13.0. The fourth-order valence-corrected chi connectivity index (χ4v) is 3.48. The highest BCUT2D eigenvalue weighted by Crippen LogP contribution is 2.35. The Balaban J connectivity index is 1.49. The van der Waals surface area contributed by atoms with E-state index < -0.39 is 11.7 Å². The second kappa shape index (κ2) is 8.63. The molecular formula is C18H19Cl2F3N4. The summed E-state index contributed by atoms with van der Waals surface area (Å²) < 4.78 is 39.0. The third-order valence-corrected chi connectivity index (χ3v) is 5.18. The van der Waals surface area contributed by atoms with Crippen LogP contribution in [0.4, 0.5) is 19.0 Å². The molecule has 0 amide bonds. The van der Waals surface area contributed by atoms with Crippen LogP contribution >= 0.6 is 23.2 Å². The zero-order chi connectivity index (χ0) is 19.4. The number of piperidine rings is 1. The number of hydrogen-bond donors (Lipinski definition) is 1. The van der Waals surface area contributed by atoms with Crippen LogP contribution in [-0.2, 0) is 12.7 Å². The molecule has 146 valence electrons. The van der Waals surface area contributed by atoms with Crippen molar-refractivity contribution in [3.63, 3.8) is 0 Å². The monoisotopic (exact) mass is 418 g/mol. The van der Waals surface area contributed by atoms with Crippen molar-refractivity contribution in [2.24, 2.45) is 5.92 Å². The normalized spacial score (nSPS) is 16.5. The first-order valence-corrected chi connectivity index (χ1v) is 9.38. The van der Waals surface area contributed by atoms with Crippen LogP contribution in [0.3, 0.4) is 0 Å². The van der Waals surface area contributed by atoms with E-state index in [4.69, 9.17) is 23.2 Å². The summed E-state index contributed by atoms with van der Waals surface area (Å²) in [5.41, 5.74) is -0.149. The van der Waals surface area contributed by atoms with Gasteiger partial charge in [0.25, 0.3) is 0 Å². The Morgan fingerprint density at radius 3 is 2.44 bits per heavy atom. The number of likely N-dealkylation sites (tertiary alicyclic amines) is 1. The second-order valence-electron chi connectivity index (χ2n) is 6.65. The van der Waals surface area contributed by atoms with Gasteiger partial charge in [0.2, 0.25) is 0 Å². The molecule has 0 unspecified atom stereocenters. The van der Waals surface area contributed by atoms with E-state index in [0.717, 1.165) is 38.5 Å². The van der Waals surface area contributed by atoms with Gasteiger partial charge in [-0.05, 0) is 61.7 Å². The fourth-order valence-electron chi connectivity index (χ4n) is 3.15. The number of hydrogen-bond acceptors (Lipinski definition) is 4. The van der Waals surface area contributed by atoms with Gasteiger partial charge in [-0.2, -0.15) is 13.2 Å². The molecule has 2 heterocycles. The van der Waals surface area contributed by atoms with E-state index in [2.05, 4.69) is 20.4 Å². The van der Waals surface area contributed by atoms with E-state index >= 15 is 0 Å². The Kier molecular flexibility index (Phi) is 6.44. The van der Waals surface area contributed by atoms with Gasteiger partial charge in [-0.15, -0.1) is 10.2 Å². The third-order valence-electron chi connectivity index (χ3n) is 4.65. The lowest BCUT2D eigenvalue weighted by Gasteiger charge is -2.32. The molecule has 1 aromatic carbocycles. The molecule has 2 aromatic rings. The predicted octanol–water partition coefficient (Wildman–Crippen LogP) is 5.13. The van der Waals surface area contributed by atoms with Gasteiger partial charge in [-0.3, -0.25) is 4.90 Å². The molecule has 0 saturated carbocycles. The standard InChI is InChI=1S/C18H19Cl2F3N4/c19-15-2-1-13(9-14(15)18(21,22)23)11-27-7-5-12(6-8-27)10-24-17-4-3-16(20)25-26-17/h1-4,9,12H,5-8,10-11H2,(H,24,26). The summed E-state index contributed by atoms with van der Waals surface area (Å²) in [6, 6.07) is 7.59. The quantitative estimate of drug-likeness (QED) is 0.730. The van der Waals surface area contributed by atoms with E-state index in [1.165, 1.54) is 6.07 Å². The number of rotatable bonds is 5. The van der Waals surface area contributed by atoms with Crippen LogP contribution in [0.15, 0.2) is 30.3 Å². The lowest BCUT2D eigenvalue weighted by molar-refractivity contribution is -0.137. The van der Waals surface area contributed by atoms with Crippen LogP contribution in [0.5, 0.6) is 0 Å². The molecule has 0 atom stereocenters. The average Bonchev–Trinajstić information content (AvgIpc) is 2.63. The highest BCUT2D eigenvalue weighted by molar-refractivity contribution is 6.31. The molecular weight excluding hydrogens is 400 g/mol. The average molecular weight is 419 g/mol. The van der Waals surface area contributed by atoms with Crippen LogP contribution < -0.4 is 5.32 Å². The van der Waals surface area contributed by atoms with Crippen LogP contribution in [-0.4, -0.2) is 34.7 Å². The van der Waals surface area contributed by atoms with Crippen molar-refractivity contribution in [1.82, 2.24) is 15.1 Å². The van der Waals surface area contributed by atoms with Crippen molar-refractivity contribution in [3.05, 3.63) is 51.6 Å². The molecule has 3 rings (SSSR count). The molecule has 1 aliphatic heterocycles. The lowest BCUT2D eigenvalue weighted by atomic mass is 9.96. The summed E-state index contributed by atoms with van der Waals surface area (Å²) in [7, 11) is 0. The van der Waals surface area contributed by atoms with Gasteiger partial charge in [-0.1, -0.05) is 29.3 Å². The second-order valence-corrected chi connectivity index (χ2v) is 7.45. The number of alkyl halides is 3. The van der Waals surface area contributed by atoms with Crippen molar-refractivity contribution >= 4 is 29.0 Å². The van der Waals surface area contributed by atoms with Gasteiger partial charge in [0.05, 0.1) is 10.6 Å². The van der Waals surface area contributed by atoms with Crippen LogP contribution in [0.25, 0.3) is 0 Å². The molecule has 0 bridgehead atoms. The molecule has 4 nitrogen and oxygen atoms in total. The van der Waals surface area contributed by atoms with Crippen LogP contribution in [0.1, 0.15) is 24.0 Å². The molecule has 1 aromatic heterocycles. The Morgan fingerprint density at radius 2 is 1.81 bits per heavy atom. The molecule has 0 radical (unpaired) electrons. The number of nitrogens with zero attached hydrogens (tertiary/aromatic N) is 3. The Bertz CT molecular complexity index is 760. The smallest absolute Gasteiger partial charge is 0.368 e.